The van der Waals surface area contributed by atoms with Gasteiger partial charge >= 0.3 is 6.01 Å². The molecule has 0 bridgehead atoms. The van der Waals surface area contributed by atoms with Crippen LogP contribution in [0.25, 0.3) is 0 Å². The number of hydrogen-bond acceptors (Lipinski definition) is 5. The van der Waals surface area contributed by atoms with Gasteiger partial charge in [0.2, 0.25) is 11.8 Å². The van der Waals surface area contributed by atoms with Gasteiger partial charge in [-0.3, -0.25) is 10.1 Å². The van der Waals surface area contributed by atoms with Crippen molar-refractivity contribution < 1.29 is 9.21 Å². The molecule has 19 heavy (non-hydrogen) atoms. The zero-order valence-electron chi connectivity index (χ0n) is 11.0. The summed E-state index contributed by atoms with van der Waals surface area (Å²) in [6.45, 7) is 2.14. The Bertz CT molecular complexity index is 436. The van der Waals surface area contributed by atoms with Crippen LogP contribution in [0.1, 0.15) is 50.3 Å². The van der Waals surface area contributed by atoms with E-state index in [4.69, 9.17) is 4.42 Å². The molecule has 2 N–H and O–H groups in total. The largest absolute Gasteiger partial charge is 0.408 e. The summed E-state index contributed by atoms with van der Waals surface area (Å²) < 4.78 is 5.41. The second-order valence-corrected chi connectivity index (χ2v) is 5.50. The summed E-state index contributed by atoms with van der Waals surface area (Å²) in [5.74, 6) is 1.72. The number of anilines is 1. The van der Waals surface area contributed by atoms with Crippen LogP contribution in [0, 0.1) is 5.92 Å². The second kappa shape index (κ2) is 5.69. The minimum atomic E-state index is -0.0236. The minimum absolute atomic E-state index is 0.0236. The number of carbonyl (C=O) groups is 1. The first-order chi connectivity index (χ1) is 9.31. The Labute approximate surface area is 112 Å². The molecule has 0 unspecified atom stereocenters. The Kier molecular flexibility index (Phi) is 3.77. The SMILES string of the molecule is O=C(CCC1CCNCC1)Nc1nnc(C2CC2)o1. The molecule has 1 saturated heterocycles. The summed E-state index contributed by atoms with van der Waals surface area (Å²) in [5.41, 5.74) is 0. The first kappa shape index (κ1) is 12.6. The molecule has 0 aromatic carbocycles. The smallest absolute Gasteiger partial charge is 0.322 e. The molecule has 6 heteroatoms. The van der Waals surface area contributed by atoms with Gasteiger partial charge in [0.25, 0.3) is 0 Å². The van der Waals surface area contributed by atoms with Gasteiger partial charge in [0.15, 0.2) is 0 Å². The lowest BCUT2D eigenvalue weighted by Gasteiger charge is -2.21. The van der Waals surface area contributed by atoms with E-state index in [1.807, 2.05) is 0 Å². The number of carbonyl (C=O) groups excluding carboxylic acids is 1. The van der Waals surface area contributed by atoms with Crippen molar-refractivity contribution in [3.63, 3.8) is 0 Å². The average molecular weight is 264 g/mol. The number of nitrogens with one attached hydrogen (secondary N) is 2. The van der Waals surface area contributed by atoms with Crippen LogP contribution in [0.2, 0.25) is 0 Å². The molecule has 2 aliphatic rings. The molecule has 1 amide bonds. The molecule has 1 aromatic rings. The predicted molar refractivity (Wildman–Crippen MR) is 69.7 cm³/mol. The van der Waals surface area contributed by atoms with Crippen molar-refractivity contribution in [2.24, 2.45) is 5.92 Å². The van der Waals surface area contributed by atoms with Crippen molar-refractivity contribution >= 4 is 11.9 Å². The monoisotopic (exact) mass is 264 g/mol. The molecule has 1 aromatic heterocycles. The first-order valence-corrected chi connectivity index (χ1v) is 7.15. The Morgan fingerprint density at radius 1 is 1.26 bits per heavy atom. The molecule has 2 fully saturated rings. The van der Waals surface area contributed by atoms with Crippen LogP contribution in [-0.2, 0) is 4.79 Å². The van der Waals surface area contributed by atoms with Crippen LogP contribution in [0.15, 0.2) is 4.42 Å². The van der Waals surface area contributed by atoms with Gasteiger partial charge in [0.05, 0.1) is 0 Å². The van der Waals surface area contributed by atoms with Gasteiger partial charge in [-0.2, -0.15) is 0 Å². The molecule has 1 saturated carbocycles. The fourth-order valence-electron chi connectivity index (χ4n) is 2.47. The van der Waals surface area contributed by atoms with E-state index in [0.29, 0.717) is 24.1 Å². The number of amides is 1. The second-order valence-electron chi connectivity index (χ2n) is 5.50. The van der Waals surface area contributed by atoms with E-state index in [9.17, 15) is 4.79 Å². The van der Waals surface area contributed by atoms with Crippen LogP contribution in [-0.4, -0.2) is 29.2 Å². The zero-order chi connectivity index (χ0) is 13.1. The van der Waals surface area contributed by atoms with Gasteiger partial charge in [-0.05, 0) is 51.1 Å². The summed E-state index contributed by atoms with van der Waals surface area (Å²) in [4.78, 5) is 11.8. The predicted octanol–water partition coefficient (Wildman–Crippen LogP) is 1.67. The lowest BCUT2D eigenvalue weighted by Crippen LogP contribution is -2.28. The van der Waals surface area contributed by atoms with Gasteiger partial charge in [-0.25, -0.2) is 0 Å². The fourth-order valence-corrected chi connectivity index (χ4v) is 2.47. The zero-order valence-corrected chi connectivity index (χ0v) is 11.0. The Hall–Kier alpha value is -1.43. The van der Waals surface area contributed by atoms with Crippen LogP contribution < -0.4 is 10.6 Å². The number of hydrogen-bond donors (Lipinski definition) is 2. The van der Waals surface area contributed by atoms with Gasteiger partial charge < -0.3 is 9.73 Å². The van der Waals surface area contributed by atoms with Crippen LogP contribution in [0.5, 0.6) is 0 Å². The molecular weight excluding hydrogens is 244 g/mol. The molecule has 2 heterocycles. The van der Waals surface area contributed by atoms with Crippen molar-refractivity contribution in [3.8, 4) is 0 Å². The van der Waals surface area contributed by atoms with Crippen molar-refractivity contribution in [2.75, 3.05) is 18.4 Å². The fraction of sp³-hybridized carbons (Fsp3) is 0.769. The van der Waals surface area contributed by atoms with Gasteiger partial charge in [-0.1, -0.05) is 5.10 Å². The maximum Gasteiger partial charge on any atom is 0.322 e. The van der Waals surface area contributed by atoms with E-state index >= 15 is 0 Å². The molecule has 1 aliphatic heterocycles. The molecule has 3 rings (SSSR count). The van der Waals surface area contributed by atoms with E-state index < -0.39 is 0 Å². The van der Waals surface area contributed by atoms with E-state index in [1.165, 1.54) is 12.8 Å². The molecule has 104 valence electrons. The Morgan fingerprint density at radius 2 is 2.05 bits per heavy atom. The van der Waals surface area contributed by atoms with Gasteiger partial charge in [-0.15, -0.1) is 5.10 Å². The summed E-state index contributed by atoms with van der Waals surface area (Å²) in [7, 11) is 0. The van der Waals surface area contributed by atoms with Crippen molar-refractivity contribution in [2.45, 2.75) is 44.4 Å². The van der Waals surface area contributed by atoms with Crippen LogP contribution in [0.3, 0.4) is 0 Å². The third-order valence-corrected chi connectivity index (χ3v) is 3.85. The average Bonchev–Trinajstić information content (AvgIpc) is 3.19. The number of aromatic nitrogens is 2. The molecule has 0 atom stereocenters. The summed E-state index contributed by atoms with van der Waals surface area (Å²) >= 11 is 0. The van der Waals surface area contributed by atoms with Crippen molar-refractivity contribution in [1.82, 2.24) is 15.5 Å². The standard InChI is InChI=1S/C13H20N4O2/c18-11(4-1-9-5-7-14-8-6-9)15-13-17-16-12(19-13)10-2-3-10/h9-10,14H,1-8H2,(H,15,17,18). The van der Waals surface area contributed by atoms with Gasteiger partial charge in [0.1, 0.15) is 0 Å². The molecular formula is C13H20N4O2. The van der Waals surface area contributed by atoms with Crippen molar-refractivity contribution in [3.05, 3.63) is 5.89 Å². The molecule has 0 spiro atoms. The summed E-state index contributed by atoms with van der Waals surface area (Å²) in [6, 6.07) is 0.247. The topological polar surface area (TPSA) is 80.0 Å². The van der Waals surface area contributed by atoms with E-state index in [0.717, 1.165) is 32.4 Å². The van der Waals surface area contributed by atoms with Crippen LogP contribution in [0.4, 0.5) is 6.01 Å². The number of rotatable bonds is 5. The van der Waals surface area contributed by atoms with Gasteiger partial charge in [0, 0.05) is 12.3 Å². The Balaban J connectivity index is 1.42. The third kappa shape index (κ3) is 3.53. The van der Waals surface area contributed by atoms with E-state index in [2.05, 4.69) is 20.8 Å². The maximum absolute atomic E-state index is 11.8. The lowest BCUT2D eigenvalue weighted by molar-refractivity contribution is -0.116. The summed E-state index contributed by atoms with van der Waals surface area (Å²) in [6.07, 6.45) is 6.04. The minimum Gasteiger partial charge on any atom is -0.408 e. The lowest BCUT2D eigenvalue weighted by atomic mass is 9.93. The highest BCUT2D eigenvalue weighted by Gasteiger charge is 2.29. The van der Waals surface area contributed by atoms with Crippen molar-refractivity contribution in [1.29, 1.82) is 0 Å². The molecule has 0 radical (unpaired) electrons. The maximum atomic E-state index is 11.8. The van der Waals surface area contributed by atoms with E-state index in [-0.39, 0.29) is 11.9 Å². The number of nitrogens with zero attached hydrogens (tertiary/aromatic N) is 2. The molecule has 6 nitrogen and oxygen atoms in total. The number of piperidine rings is 1. The highest BCUT2D eigenvalue weighted by molar-refractivity contribution is 5.88. The quantitative estimate of drug-likeness (QED) is 0.845. The highest BCUT2D eigenvalue weighted by Crippen LogP contribution is 2.39. The first-order valence-electron chi connectivity index (χ1n) is 7.15. The van der Waals surface area contributed by atoms with E-state index in [1.54, 1.807) is 0 Å². The third-order valence-electron chi connectivity index (χ3n) is 3.85. The molecule has 1 aliphatic carbocycles. The normalized spacial score (nSPS) is 20.4. The van der Waals surface area contributed by atoms with Crippen LogP contribution >= 0.6 is 0 Å². The summed E-state index contributed by atoms with van der Waals surface area (Å²) in [5, 5.41) is 13.8. The Morgan fingerprint density at radius 3 is 2.79 bits per heavy atom. The highest BCUT2D eigenvalue weighted by atomic mass is 16.4.